The SMILES string of the molecule is COC(=O)c1ccc(C(=O)N[n+]2c(SCC(O)([PH2]=O)C(CC(C)C)C(=O)N[C@@H](C)C(=O)O)ccc3ccccc32)cc1. The molecule has 1 aromatic heterocycles. The van der Waals surface area contributed by atoms with Crippen LogP contribution in [0.4, 0.5) is 0 Å². The minimum atomic E-state index is -1.94. The molecule has 3 rings (SSSR count). The topological polar surface area (TPSA) is 163 Å². The van der Waals surface area contributed by atoms with Gasteiger partial charge in [-0.05, 0) is 55.7 Å². The monoisotopic (exact) mass is 616 g/mol. The van der Waals surface area contributed by atoms with Gasteiger partial charge < -0.3 is 24.8 Å². The van der Waals surface area contributed by atoms with Crippen molar-refractivity contribution in [2.75, 3.05) is 18.3 Å². The molecule has 0 spiro atoms. The molecule has 0 aliphatic heterocycles. The maximum Gasteiger partial charge on any atom is 0.337 e. The van der Waals surface area contributed by atoms with Crippen LogP contribution in [0.25, 0.3) is 10.9 Å². The van der Waals surface area contributed by atoms with Crippen LogP contribution in [0.15, 0.2) is 65.7 Å². The van der Waals surface area contributed by atoms with Crippen molar-refractivity contribution in [3.63, 3.8) is 0 Å². The van der Waals surface area contributed by atoms with E-state index < -0.39 is 49.5 Å². The van der Waals surface area contributed by atoms with Gasteiger partial charge >= 0.3 is 17.8 Å². The third-order valence-corrected chi connectivity index (χ3v) is 9.13. The van der Waals surface area contributed by atoms with Gasteiger partial charge in [0.1, 0.15) is 11.4 Å². The number of carboxylic acid groups (broad SMARTS) is 1. The Labute approximate surface area is 248 Å². The number of para-hydroxylation sites is 1. The fourth-order valence-corrected chi connectivity index (χ4v) is 6.24. The molecular weight excluding hydrogens is 581 g/mol. The van der Waals surface area contributed by atoms with Gasteiger partial charge in [0.2, 0.25) is 11.4 Å². The summed E-state index contributed by atoms with van der Waals surface area (Å²) in [5.74, 6) is -4.28. The van der Waals surface area contributed by atoms with Crippen molar-refractivity contribution in [1.82, 2.24) is 5.32 Å². The molecule has 4 N–H and O–H groups in total. The van der Waals surface area contributed by atoms with Crippen LogP contribution in [0.2, 0.25) is 0 Å². The fourth-order valence-electron chi connectivity index (χ4n) is 4.25. The number of hydrogen-bond donors (Lipinski definition) is 4. The quantitative estimate of drug-likeness (QED) is 0.0978. The van der Waals surface area contributed by atoms with Crippen LogP contribution in [0, 0.1) is 11.8 Å². The summed E-state index contributed by atoms with van der Waals surface area (Å²) >= 11 is 1.10. The predicted molar refractivity (Wildman–Crippen MR) is 160 cm³/mol. The number of hydrogen-bond acceptors (Lipinski definition) is 8. The van der Waals surface area contributed by atoms with Crippen LogP contribution in [0.3, 0.4) is 0 Å². The van der Waals surface area contributed by atoms with Crippen molar-refractivity contribution in [3.05, 3.63) is 71.8 Å². The molecule has 2 amide bonds. The minimum absolute atomic E-state index is 0.0566. The molecule has 0 aliphatic carbocycles. The Morgan fingerprint density at radius 3 is 2.24 bits per heavy atom. The number of carbonyl (C=O) groups is 4. The summed E-state index contributed by atoms with van der Waals surface area (Å²) in [5, 5.41) is 22.5. The molecule has 3 aromatic rings. The number of rotatable bonds is 13. The number of ether oxygens (including phenoxy) is 1. The minimum Gasteiger partial charge on any atom is -0.480 e. The molecular formula is C29H35N3O8PS+. The zero-order valence-corrected chi connectivity index (χ0v) is 25.7. The molecule has 0 aliphatic rings. The summed E-state index contributed by atoms with van der Waals surface area (Å²) in [5.41, 5.74) is 4.07. The molecule has 11 nitrogen and oxygen atoms in total. The first-order chi connectivity index (χ1) is 19.9. The third kappa shape index (κ3) is 7.96. The lowest BCUT2D eigenvalue weighted by molar-refractivity contribution is -0.653. The molecule has 224 valence electrons. The van der Waals surface area contributed by atoms with Crippen LogP contribution in [-0.4, -0.2) is 58.2 Å². The van der Waals surface area contributed by atoms with Crippen molar-refractivity contribution >= 4 is 54.9 Å². The van der Waals surface area contributed by atoms with E-state index in [9.17, 15) is 34.0 Å². The van der Waals surface area contributed by atoms with Crippen LogP contribution in [0.5, 0.6) is 0 Å². The second-order valence-electron chi connectivity index (χ2n) is 10.2. The third-order valence-electron chi connectivity index (χ3n) is 6.60. The Kier molecular flexibility index (Phi) is 11.3. The highest BCUT2D eigenvalue weighted by molar-refractivity contribution is 7.99. The first-order valence-corrected chi connectivity index (χ1v) is 15.2. The van der Waals surface area contributed by atoms with E-state index in [1.54, 1.807) is 22.9 Å². The number of methoxy groups -OCH3 is 1. The molecule has 1 heterocycles. The molecule has 13 heteroatoms. The van der Waals surface area contributed by atoms with Gasteiger partial charge in [-0.15, -0.1) is 5.43 Å². The lowest BCUT2D eigenvalue weighted by Crippen LogP contribution is -2.52. The van der Waals surface area contributed by atoms with E-state index in [2.05, 4.69) is 10.7 Å². The number of aliphatic carboxylic acids is 1. The maximum absolute atomic E-state index is 13.2. The van der Waals surface area contributed by atoms with Gasteiger partial charge in [-0.1, -0.05) is 42.4 Å². The number of carbonyl (C=O) groups excluding carboxylic acids is 3. The smallest absolute Gasteiger partial charge is 0.337 e. The van der Waals surface area contributed by atoms with E-state index in [0.29, 0.717) is 16.1 Å². The Balaban J connectivity index is 1.94. The van der Waals surface area contributed by atoms with Gasteiger partial charge in [0, 0.05) is 28.8 Å². The summed E-state index contributed by atoms with van der Waals surface area (Å²) in [6.45, 7) is 5.01. The number of esters is 1. The maximum atomic E-state index is 13.2. The van der Waals surface area contributed by atoms with Crippen LogP contribution in [-0.2, 0) is 18.9 Å². The van der Waals surface area contributed by atoms with E-state index in [1.807, 2.05) is 32.0 Å². The van der Waals surface area contributed by atoms with Crippen molar-refractivity contribution in [1.29, 1.82) is 0 Å². The summed E-state index contributed by atoms with van der Waals surface area (Å²) < 4.78 is 18.7. The van der Waals surface area contributed by atoms with Gasteiger partial charge in [-0.25, -0.2) is 4.79 Å². The van der Waals surface area contributed by atoms with Crippen molar-refractivity contribution in [2.45, 2.75) is 43.6 Å². The molecule has 42 heavy (non-hydrogen) atoms. The van der Waals surface area contributed by atoms with E-state index in [-0.39, 0.29) is 23.7 Å². The number of pyridine rings is 1. The highest BCUT2D eigenvalue weighted by Gasteiger charge is 2.42. The van der Waals surface area contributed by atoms with E-state index in [4.69, 9.17) is 4.74 Å². The van der Waals surface area contributed by atoms with Crippen molar-refractivity contribution in [2.24, 2.45) is 11.8 Å². The van der Waals surface area contributed by atoms with Crippen LogP contribution in [0.1, 0.15) is 47.9 Å². The van der Waals surface area contributed by atoms with E-state index in [0.717, 1.165) is 17.1 Å². The number of nitrogens with one attached hydrogen (secondary N) is 2. The van der Waals surface area contributed by atoms with Gasteiger partial charge in [0.05, 0.1) is 27.1 Å². The van der Waals surface area contributed by atoms with Gasteiger partial charge in [0.25, 0.3) is 5.03 Å². The van der Waals surface area contributed by atoms with Crippen molar-refractivity contribution in [3.8, 4) is 0 Å². The van der Waals surface area contributed by atoms with Crippen molar-refractivity contribution < 1.29 is 43.4 Å². The summed E-state index contributed by atoms with van der Waals surface area (Å²) in [4.78, 5) is 49.4. The lowest BCUT2D eigenvalue weighted by atomic mass is 9.91. The van der Waals surface area contributed by atoms with Crippen LogP contribution < -0.4 is 15.4 Å². The average molecular weight is 617 g/mol. The average Bonchev–Trinajstić information content (AvgIpc) is 2.98. The Morgan fingerprint density at radius 2 is 1.64 bits per heavy atom. The zero-order chi connectivity index (χ0) is 31.0. The fraction of sp³-hybridized carbons (Fsp3) is 0.345. The Morgan fingerprint density at radius 1 is 1.00 bits per heavy atom. The number of aliphatic hydroxyl groups is 1. The molecule has 0 saturated heterocycles. The second kappa shape index (κ2) is 14.4. The number of amides is 2. The molecule has 0 saturated carbocycles. The lowest BCUT2D eigenvalue weighted by Gasteiger charge is -2.32. The number of nitrogens with zero attached hydrogens (tertiary/aromatic N) is 1. The zero-order valence-electron chi connectivity index (χ0n) is 23.7. The Hall–Kier alpha value is -3.73. The first kappa shape index (κ1) is 32.8. The Bertz CT molecular complexity index is 1480. The number of carboxylic acids is 1. The normalized spacial score (nSPS) is 14.3. The molecule has 0 bridgehead atoms. The highest BCUT2D eigenvalue weighted by atomic mass is 32.2. The summed E-state index contributed by atoms with van der Waals surface area (Å²) in [6, 6.07) is 15.6. The number of thioether (sulfide) groups is 1. The van der Waals surface area contributed by atoms with E-state index in [1.165, 1.54) is 38.3 Å². The standard InChI is InChI=1S/C29H34N3O8PS/c1-17(2)15-22(26(34)30-18(3)27(35)36)29(38,41-39)16-42-24-14-13-19-7-5-6-8-23(19)32(24)31-25(33)20-9-11-21(12-10-20)28(37)40-4/h5-14,17-18,22,38H,15-16,41H2,1-4H3,(H2-,30,31,33,34,35,36)/p+1/t18-,22?,29?/m0/s1. The van der Waals surface area contributed by atoms with Gasteiger partial charge in [-0.2, -0.15) is 0 Å². The summed E-state index contributed by atoms with van der Waals surface area (Å²) in [7, 11) is -0.609. The van der Waals surface area contributed by atoms with Gasteiger partial charge in [0.15, 0.2) is 0 Å². The number of fused-ring (bicyclic) bond motifs is 1. The molecule has 3 unspecified atom stereocenters. The van der Waals surface area contributed by atoms with E-state index >= 15 is 0 Å². The highest BCUT2D eigenvalue weighted by Crippen LogP contribution is 2.38. The number of benzene rings is 2. The first-order valence-electron chi connectivity index (χ1n) is 13.2. The van der Waals surface area contributed by atoms with Crippen LogP contribution >= 0.6 is 20.2 Å². The van der Waals surface area contributed by atoms with Gasteiger partial charge in [-0.3, -0.25) is 14.4 Å². The molecule has 0 fully saturated rings. The number of aromatic nitrogens is 1. The molecule has 2 aromatic carbocycles. The largest absolute Gasteiger partial charge is 0.480 e. The summed E-state index contributed by atoms with van der Waals surface area (Å²) in [6.07, 6.45) is 0.181. The molecule has 4 atom stereocenters. The predicted octanol–water partition coefficient (Wildman–Crippen LogP) is 3.09. The second-order valence-corrected chi connectivity index (χ2v) is 12.5. The molecule has 0 radical (unpaired) electrons.